The number of carbonyl (C=O) groups excluding carboxylic acids is 1. The highest BCUT2D eigenvalue weighted by atomic mass is 16.7. The number of hydrogen-bond donors (Lipinski definition) is 1. The Morgan fingerprint density at radius 1 is 1.30 bits per heavy atom. The summed E-state index contributed by atoms with van der Waals surface area (Å²) in [7, 11) is 0. The summed E-state index contributed by atoms with van der Waals surface area (Å²) in [5, 5.41) is 3.35. The lowest BCUT2D eigenvalue weighted by Gasteiger charge is -2.35. The van der Waals surface area contributed by atoms with Gasteiger partial charge in [-0.1, -0.05) is 13.0 Å². The van der Waals surface area contributed by atoms with E-state index in [0.29, 0.717) is 25.8 Å². The Labute approximate surface area is 137 Å². The number of fused-ring (bicyclic) bond motifs is 1. The van der Waals surface area contributed by atoms with E-state index < -0.39 is 0 Å². The predicted molar refractivity (Wildman–Crippen MR) is 88.5 cm³/mol. The first-order valence-corrected chi connectivity index (χ1v) is 8.66. The van der Waals surface area contributed by atoms with Crippen molar-refractivity contribution in [1.82, 2.24) is 10.2 Å². The third-order valence-electron chi connectivity index (χ3n) is 4.70. The average Bonchev–Trinajstić information content (AvgIpc) is 3.06. The zero-order valence-corrected chi connectivity index (χ0v) is 13.8. The Morgan fingerprint density at radius 2 is 2.17 bits per heavy atom. The second-order valence-electron chi connectivity index (χ2n) is 6.26. The van der Waals surface area contributed by atoms with Crippen LogP contribution in [0.1, 0.15) is 44.6 Å². The quantitative estimate of drug-likeness (QED) is 0.819. The van der Waals surface area contributed by atoms with E-state index in [1.807, 2.05) is 18.2 Å². The maximum absolute atomic E-state index is 12.4. The predicted octanol–water partition coefficient (Wildman–Crippen LogP) is 2.69. The van der Waals surface area contributed by atoms with Crippen molar-refractivity contribution in [3.8, 4) is 11.5 Å². The van der Waals surface area contributed by atoms with Crippen molar-refractivity contribution in [2.75, 3.05) is 19.9 Å². The SMILES string of the molecule is CCC1CCCCN1C(=O)CCNCc1ccc2c(c1)OCO2. The number of piperidine rings is 1. The van der Waals surface area contributed by atoms with Gasteiger partial charge in [-0.3, -0.25) is 4.79 Å². The second-order valence-corrected chi connectivity index (χ2v) is 6.26. The van der Waals surface area contributed by atoms with Crippen molar-refractivity contribution < 1.29 is 14.3 Å². The molecule has 0 aromatic heterocycles. The molecule has 2 aliphatic heterocycles. The topological polar surface area (TPSA) is 50.8 Å². The summed E-state index contributed by atoms with van der Waals surface area (Å²) < 4.78 is 10.7. The number of rotatable bonds is 6. The molecule has 0 aliphatic carbocycles. The number of nitrogens with one attached hydrogen (secondary N) is 1. The molecule has 5 nitrogen and oxygen atoms in total. The first-order chi connectivity index (χ1) is 11.3. The van der Waals surface area contributed by atoms with Crippen LogP contribution < -0.4 is 14.8 Å². The van der Waals surface area contributed by atoms with Crippen molar-refractivity contribution in [2.24, 2.45) is 0 Å². The summed E-state index contributed by atoms with van der Waals surface area (Å²) >= 11 is 0. The fourth-order valence-electron chi connectivity index (χ4n) is 3.38. The second kappa shape index (κ2) is 7.68. The largest absolute Gasteiger partial charge is 0.454 e. The smallest absolute Gasteiger partial charge is 0.231 e. The van der Waals surface area contributed by atoms with Gasteiger partial charge in [0.15, 0.2) is 11.5 Å². The summed E-state index contributed by atoms with van der Waals surface area (Å²) in [6.07, 6.45) is 5.20. The highest BCUT2D eigenvalue weighted by molar-refractivity contribution is 5.76. The Bertz CT molecular complexity index is 547. The van der Waals surface area contributed by atoms with Crippen molar-refractivity contribution in [2.45, 2.75) is 51.6 Å². The molecule has 5 heteroatoms. The van der Waals surface area contributed by atoms with Gasteiger partial charge in [0.25, 0.3) is 0 Å². The van der Waals surface area contributed by atoms with Crippen molar-refractivity contribution in [1.29, 1.82) is 0 Å². The van der Waals surface area contributed by atoms with Crippen LogP contribution in [-0.4, -0.2) is 36.7 Å². The molecule has 2 aliphatic rings. The zero-order chi connectivity index (χ0) is 16.1. The van der Waals surface area contributed by atoms with Gasteiger partial charge in [-0.05, 0) is 43.4 Å². The van der Waals surface area contributed by atoms with Crippen LogP contribution in [0.5, 0.6) is 11.5 Å². The molecule has 2 heterocycles. The number of nitrogens with zero attached hydrogens (tertiary/aromatic N) is 1. The molecule has 1 unspecified atom stereocenters. The van der Waals surface area contributed by atoms with Gasteiger partial charge < -0.3 is 19.7 Å². The molecule has 1 atom stereocenters. The van der Waals surface area contributed by atoms with Gasteiger partial charge in [-0.15, -0.1) is 0 Å². The maximum Gasteiger partial charge on any atom is 0.231 e. The monoisotopic (exact) mass is 318 g/mol. The van der Waals surface area contributed by atoms with Crippen LogP contribution in [0.2, 0.25) is 0 Å². The van der Waals surface area contributed by atoms with Crippen molar-refractivity contribution in [3.63, 3.8) is 0 Å². The third-order valence-corrected chi connectivity index (χ3v) is 4.70. The summed E-state index contributed by atoms with van der Waals surface area (Å²) in [6.45, 7) is 4.85. The van der Waals surface area contributed by atoms with Crippen molar-refractivity contribution in [3.05, 3.63) is 23.8 Å². The molecule has 1 saturated heterocycles. The minimum Gasteiger partial charge on any atom is -0.454 e. The van der Waals surface area contributed by atoms with Crippen LogP contribution in [0.3, 0.4) is 0 Å². The fraction of sp³-hybridized carbons (Fsp3) is 0.611. The number of hydrogen-bond acceptors (Lipinski definition) is 4. The normalized spacial score (nSPS) is 19.9. The van der Waals surface area contributed by atoms with E-state index >= 15 is 0 Å². The molecule has 0 saturated carbocycles. The summed E-state index contributed by atoms with van der Waals surface area (Å²) in [5.41, 5.74) is 1.14. The molecule has 126 valence electrons. The Morgan fingerprint density at radius 3 is 3.04 bits per heavy atom. The number of ether oxygens (including phenoxy) is 2. The molecule has 1 fully saturated rings. The lowest BCUT2D eigenvalue weighted by atomic mass is 9.99. The molecule has 1 amide bonds. The van der Waals surface area contributed by atoms with E-state index in [1.165, 1.54) is 6.42 Å². The molecule has 3 rings (SSSR count). The van der Waals surface area contributed by atoms with Gasteiger partial charge in [-0.25, -0.2) is 0 Å². The maximum atomic E-state index is 12.4. The van der Waals surface area contributed by atoms with Crippen LogP contribution >= 0.6 is 0 Å². The van der Waals surface area contributed by atoms with Gasteiger partial charge in [-0.2, -0.15) is 0 Å². The van der Waals surface area contributed by atoms with Crippen LogP contribution in [0.4, 0.5) is 0 Å². The minimum absolute atomic E-state index is 0.287. The van der Waals surface area contributed by atoms with Crippen molar-refractivity contribution >= 4 is 5.91 Å². The zero-order valence-electron chi connectivity index (χ0n) is 13.8. The van der Waals surface area contributed by atoms with E-state index in [0.717, 1.165) is 49.4 Å². The first-order valence-electron chi connectivity index (χ1n) is 8.66. The molecular formula is C18H26N2O3. The van der Waals surface area contributed by atoms with E-state index in [4.69, 9.17) is 9.47 Å². The van der Waals surface area contributed by atoms with E-state index in [2.05, 4.69) is 17.1 Å². The van der Waals surface area contributed by atoms with Crippen LogP contribution in [0.15, 0.2) is 18.2 Å². The number of benzene rings is 1. The Balaban J connectivity index is 1.41. The van der Waals surface area contributed by atoms with Crippen LogP contribution in [-0.2, 0) is 11.3 Å². The standard InChI is InChI=1S/C18H26N2O3/c1-2-15-5-3-4-10-20(15)18(21)8-9-19-12-14-6-7-16-17(11-14)23-13-22-16/h6-7,11,15,19H,2-5,8-10,12-13H2,1H3. The Kier molecular flexibility index (Phi) is 5.39. The summed E-state index contributed by atoms with van der Waals surface area (Å²) in [4.78, 5) is 14.5. The summed E-state index contributed by atoms with van der Waals surface area (Å²) in [5.74, 6) is 1.90. The molecule has 0 radical (unpaired) electrons. The van der Waals surface area contributed by atoms with Crippen LogP contribution in [0, 0.1) is 0 Å². The highest BCUT2D eigenvalue weighted by Crippen LogP contribution is 2.32. The molecule has 1 N–H and O–H groups in total. The minimum atomic E-state index is 0.287. The summed E-state index contributed by atoms with van der Waals surface area (Å²) in [6, 6.07) is 6.41. The number of likely N-dealkylation sites (tertiary alicyclic amines) is 1. The number of carbonyl (C=O) groups is 1. The molecular weight excluding hydrogens is 292 g/mol. The molecule has 1 aromatic rings. The first kappa shape index (κ1) is 16.1. The highest BCUT2D eigenvalue weighted by Gasteiger charge is 2.24. The van der Waals surface area contributed by atoms with Gasteiger partial charge in [0.1, 0.15) is 0 Å². The lowest BCUT2D eigenvalue weighted by molar-refractivity contribution is -0.134. The number of amides is 1. The van der Waals surface area contributed by atoms with E-state index in [1.54, 1.807) is 0 Å². The average molecular weight is 318 g/mol. The van der Waals surface area contributed by atoms with E-state index in [-0.39, 0.29) is 5.91 Å². The molecule has 1 aromatic carbocycles. The van der Waals surface area contributed by atoms with Crippen LogP contribution in [0.25, 0.3) is 0 Å². The molecule has 23 heavy (non-hydrogen) atoms. The van der Waals surface area contributed by atoms with E-state index in [9.17, 15) is 4.79 Å². The Hall–Kier alpha value is -1.75. The molecule has 0 bridgehead atoms. The lowest BCUT2D eigenvalue weighted by Crippen LogP contribution is -2.44. The van der Waals surface area contributed by atoms with Gasteiger partial charge >= 0.3 is 0 Å². The van der Waals surface area contributed by atoms with Gasteiger partial charge in [0, 0.05) is 32.1 Å². The van der Waals surface area contributed by atoms with Gasteiger partial charge in [0.05, 0.1) is 0 Å². The molecule has 0 spiro atoms. The fourth-order valence-corrected chi connectivity index (χ4v) is 3.38. The van der Waals surface area contributed by atoms with Gasteiger partial charge in [0.2, 0.25) is 12.7 Å². The third kappa shape index (κ3) is 3.96.